The van der Waals surface area contributed by atoms with E-state index >= 15 is 0 Å². The van der Waals surface area contributed by atoms with Crippen molar-refractivity contribution in [2.24, 2.45) is 11.7 Å². The molecule has 2 amide bonds. The SMILES string of the molecule is CC(=O)NC(Cc1ccc(OC(=O)CCCC=CC[C@H]2CC(O)C(=O)[C@@H]2OCC(O)COc2ccccc2)cc1)C(N)=O. The lowest BCUT2D eigenvalue weighted by Gasteiger charge is -2.20. The minimum Gasteiger partial charge on any atom is -0.491 e. The molecule has 0 radical (unpaired) electrons. The fourth-order valence-corrected chi connectivity index (χ4v) is 4.69. The second-order valence-corrected chi connectivity index (χ2v) is 10.5. The van der Waals surface area contributed by atoms with Crippen LogP contribution in [0.15, 0.2) is 66.7 Å². The smallest absolute Gasteiger partial charge is 0.311 e. The number of ether oxygens (including phenoxy) is 3. The van der Waals surface area contributed by atoms with Crippen LogP contribution in [0.3, 0.4) is 0 Å². The highest BCUT2D eigenvalue weighted by molar-refractivity contribution is 5.89. The normalized spacial score (nSPS) is 19.6. The van der Waals surface area contributed by atoms with Crippen molar-refractivity contribution in [3.63, 3.8) is 0 Å². The topological polar surface area (TPSA) is 174 Å². The molecule has 5 atom stereocenters. The van der Waals surface area contributed by atoms with Crippen LogP contribution in [-0.2, 0) is 30.3 Å². The third kappa shape index (κ3) is 11.6. The molecule has 2 aromatic rings. The maximum atomic E-state index is 12.4. The van der Waals surface area contributed by atoms with Gasteiger partial charge < -0.3 is 35.5 Å². The van der Waals surface area contributed by atoms with Gasteiger partial charge in [0.2, 0.25) is 11.8 Å². The van der Waals surface area contributed by atoms with Crippen LogP contribution in [-0.4, -0.2) is 71.3 Å². The highest BCUT2D eigenvalue weighted by Crippen LogP contribution is 2.29. The second kappa shape index (κ2) is 17.2. The van der Waals surface area contributed by atoms with Gasteiger partial charge in [-0.1, -0.05) is 42.5 Å². The molecule has 11 nitrogen and oxygen atoms in total. The fraction of sp³-hybridized carbons (Fsp3) is 0.438. The van der Waals surface area contributed by atoms with Crippen LogP contribution in [0.4, 0.5) is 0 Å². The molecule has 0 bridgehead atoms. The molecule has 1 fully saturated rings. The number of carbonyl (C=O) groups excluding carboxylic acids is 4. The van der Waals surface area contributed by atoms with Crippen molar-refractivity contribution in [2.75, 3.05) is 13.2 Å². The Kier molecular flexibility index (Phi) is 13.3. The molecule has 0 saturated heterocycles. The van der Waals surface area contributed by atoms with Crippen molar-refractivity contribution < 1.29 is 43.6 Å². The van der Waals surface area contributed by atoms with E-state index < -0.39 is 30.3 Å². The van der Waals surface area contributed by atoms with Gasteiger partial charge in [-0.05, 0) is 61.4 Å². The predicted octanol–water partition coefficient (Wildman–Crippen LogP) is 2.02. The summed E-state index contributed by atoms with van der Waals surface area (Å²) in [7, 11) is 0. The van der Waals surface area contributed by atoms with Gasteiger partial charge in [-0.3, -0.25) is 19.2 Å². The summed E-state index contributed by atoms with van der Waals surface area (Å²) in [6.45, 7) is 1.23. The number of benzene rings is 2. The summed E-state index contributed by atoms with van der Waals surface area (Å²) in [6, 6.07) is 14.9. The molecule has 3 rings (SSSR count). The van der Waals surface area contributed by atoms with E-state index in [0.717, 1.165) is 5.56 Å². The minimum atomic E-state index is -1.09. The van der Waals surface area contributed by atoms with E-state index in [4.69, 9.17) is 19.9 Å². The van der Waals surface area contributed by atoms with Gasteiger partial charge >= 0.3 is 5.97 Å². The lowest BCUT2D eigenvalue weighted by molar-refractivity contribution is -0.137. The Balaban J connectivity index is 1.34. The number of carbonyl (C=O) groups is 4. The number of hydrogen-bond donors (Lipinski definition) is 4. The molecule has 232 valence electrons. The summed E-state index contributed by atoms with van der Waals surface area (Å²) in [5.41, 5.74) is 6.08. The number of amides is 2. The lowest BCUT2D eigenvalue weighted by atomic mass is 10.0. The van der Waals surface area contributed by atoms with Crippen LogP contribution in [0.5, 0.6) is 11.5 Å². The lowest BCUT2D eigenvalue weighted by Crippen LogP contribution is -2.44. The third-order valence-electron chi connectivity index (χ3n) is 6.89. The van der Waals surface area contributed by atoms with E-state index in [1.165, 1.54) is 6.92 Å². The van der Waals surface area contributed by atoms with Crippen LogP contribution < -0.4 is 20.5 Å². The van der Waals surface area contributed by atoms with Gasteiger partial charge in [0.25, 0.3) is 0 Å². The zero-order chi connectivity index (χ0) is 31.2. The molecule has 5 N–H and O–H groups in total. The highest BCUT2D eigenvalue weighted by atomic mass is 16.5. The highest BCUT2D eigenvalue weighted by Gasteiger charge is 2.41. The van der Waals surface area contributed by atoms with Gasteiger partial charge in [-0.15, -0.1) is 0 Å². The molecule has 3 unspecified atom stereocenters. The standard InChI is InChI=1S/C32H40N2O9/c1-21(35)34-27(32(33)40)17-22-13-15-26(16-14-22)43-29(38)12-8-3-2-5-9-23-18-28(37)30(39)31(23)42-20-24(36)19-41-25-10-6-4-7-11-25/h2,4-7,10-11,13-16,23-24,27-28,31,36-37H,3,8-9,12,17-20H2,1H3,(H2,33,40)(H,34,35)/t23-,24?,27?,28?,31+/m0/s1. The van der Waals surface area contributed by atoms with Crippen molar-refractivity contribution in [2.45, 2.75) is 69.8 Å². The maximum Gasteiger partial charge on any atom is 0.311 e. The van der Waals surface area contributed by atoms with E-state index in [9.17, 15) is 29.4 Å². The average Bonchev–Trinajstić information content (AvgIpc) is 3.25. The first-order valence-corrected chi connectivity index (χ1v) is 14.3. The largest absolute Gasteiger partial charge is 0.491 e. The van der Waals surface area contributed by atoms with Crippen LogP contribution in [0.1, 0.15) is 44.6 Å². The number of primary amides is 1. The summed E-state index contributed by atoms with van der Waals surface area (Å²) < 4.78 is 16.6. The Hall–Kier alpha value is -4.06. The van der Waals surface area contributed by atoms with Crippen LogP contribution >= 0.6 is 0 Å². The molecule has 0 spiro atoms. The van der Waals surface area contributed by atoms with E-state index in [1.807, 2.05) is 30.4 Å². The first-order valence-electron chi connectivity index (χ1n) is 14.3. The zero-order valence-corrected chi connectivity index (χ0v) is 24.2. The number of nitrogens with two attached hydrogens (primary N) is 1. The quantitative estimate of drug-likeness (QED) is 0.0922. The number of rotatable bonds is 17. The number of esters is 1. The molecule has 1 aliphatic carbocycles. The van der Waals surface area contributed by atoms with E-state index in [2.05, 4.69) is 5.32 Å². The van der Waals surface area contributed by atoms with Crippen molar-refractivity contribution in [3.05, 3.63) is 72.3 Å². The Morgan fingerprint density at radius 1 is 1.05 bits per heavy atom. The van der Waals surface area contributed by atoms with Crippen molar-refractivity contribution in [1.82, 2.24) is 5.32 Å². The van der Waals surface area contributed by atoms with Crippen molar-refractivity contribution in [3.8, 4) is 11.5 Å². The summed E-state index contributed by atoms with van der Waals surface area (Å²) >= 11 is 0. The molecule has 0 heterocycles. The van der Waals surface area contributed by atoms with Gasteiger partial charge in [-0.2, -0.15) is 0 Å². The van der Waals surface area contributed by atoms with Gasteiger partial charge in [0.1, 0.15) is 42.5 Å². The number of unbranched alkanes of at least 4 members (excludes halogenated alkanes) is 1. The molecule has 1 saturated carbocycles. The Morgan fingerprint density at radius 2 is 1.77 bits per heavy atom. The number of aliphatic hydroxyl groups excluding tert-OH is 2. The third-order valence-corrected chi connectivity index (χ3v) is 6.89. The number of allylic oxidation sites excluding steroid dienone is 2. The molecular weight excluding hydrogens is 556 g/mol. The summed E-state index contributed by atoms with van der Waals surface area (Å²) in [5, 5.41) is 22.8. The molecule has 11 heteroatoms. The van der Waals surface area contributed by atoms with Crippen LogP contribution in [0.25, 0.3) is 0 Å². The summed E-state index contributed by atoms with van der Waals surface area (Å²) in [6.07, 6.45) is 3.41. The predicted molar refractivity (Wildman–Crippen MR) is 157 cm³/mol. The number of aliphatic hydroxyl groups is 2. The number of ketones is 1. The Bertz CT molecular complexity index is 1230. The minimum absolute atomic E-state index is 0.0170. The van der Waals surface area contributed by atoms with Crippen LogP contribution in [0.2, 0.25) is 0 Å². The number of para-hydroxylation sites is 1. The molecule has 1 aliphatic rings. The van der Waals surface area contributed by atoms with Crippen molar-refractivity contribution in [1.29, 1.82) is 0 Å². The molecule has 0 aliphatic heterocycles. The van der Waals surface area contributed by atoms with Gasteiger partial charge in [0, 0.05) is 19.8 Å². The Labute approximate surface area is 251 Å². The van der Waals surface area contributed by atoms with E-state index in [-0.39, 0.29) is 56.1 Å². The van der Waals surface area contributed by atoms with E-state index in [0.29, 0.717) is 30.8 Å². The zero-order valence-electron chi connectivity index (χ0n) is 24.2. The first-order chi connectivity index (χ1) is 20.6. The molecular formula is C32H40N2O9. The first kappa shape index (κ1) is 33.4. The van der Waals surface area contributed by atoms with Gasteiger partial charge in [-0.25, -0.2) is 0 Å². The molecule has 0 aromatic heterocycles. The molecule has 2 aromatic carbocycles. The fourth-order valence-electron chi connectivity index (χ4n) is 4.69. The van der Waals surface area contributed by atoms with Gasteiger partial charge in [0.05, 0.1) is 6.61 Å². The Morgan fingerprint density at radius 3 is 2.44 bits per heavy atom. The molecule has 43 heavy (non-hydrogen) atoms. The summed E-state index contributed by atoms with van der Waals surface area (Å²) in [5.74, 6) is -0.989. The average molecular weight is 597 g/mol. The number of hydrogen-bond acceptors (Lipinski definition) is 9. The second-order valence-electron chi connectivity index (χ2n) is 10.5. The number of nitrogens with one attached hydrogen (secondary N) is 1. The van der Waals surface area contributed by atoms with E-state index in [1.54, 1.807) is 36.4 Å². The maximum absolute atomic E-state index is 12.4. The summed E-state index contributed by atoms with van der Waals surface area (Å²) in [4.78, 5) is 47.4. The van der Waals surface area contributed by atoms with Gasteiger partial charge in [0.15, 0.2) is 5.78 Å². The monoisotopic (exact) mass is 596 g/mol. The van der Waals surface area contributed by atoms with Crippen molar-refractivity contribution >= 4 is 23.6 Å². The van der Waals surface area contributed by atoms with Crippen LogP contribution in [0, 0.1) is 5.92 Å². The number of Topliss-reactive ketones (excluding diaryl/α,β-unsaturated/α-hetero) is 1.